The Balaban J connectivity index is 1.61. The molecule has 0 fully saturated rings. The summed E-state index contributed by atoms with van der Waals surface area (Å²) < 4.78 is 12.1. The van der Waals surface area contributed by atoms with Gasteiger partial charge in [-0.1, -0.05) is 84.9 Å². The molecule has 6 aromatic rings. The number of fused-ring (bicyclic) bond motifs is 2. The Morgan fingerprint density at radius 1 is 0.444 bits per heavy atom. The third-order valence-electron chi connectivity index (χ3n) is 5.92. The highest BCUT2D eigenvalue weighted by Crippen LogP contribution is 2.35. The predicted molar refractivity (Wildman–Crippen MR) is 140 cm³/mol. The summed E-state index contributed by atoms with van der Waals surface area (Å²) >= 11 is 0. The standard InChI is InChI=1S/C30H18N2O4/c33-27-21-15-7-9-17-23(21)35-29(25(27)19-11-3-1-4-12-19)31-32-30-26(20-13-5-2-6-14-20)28(34)22-16-8-10-18-24(22)36-30/h1-18H. The molecule has 6 nitrogen and oxygen atoms in total. The summed E-state index contributed by atoms with van der Waals surface area (Å²) in [6.45, 7) is 0. The van der Waals surface area contributed by atoms with Gasteiger partial charge < -0.3 is 8.83 Å². The smallest absolute Gasteiger partial charge is 0.250 e. The lowest BCUT2D eigenvalue weighted by atomic mass is 10.0. The van der Waals surface area contributed by atoms with Gasteiger partial charge in [0, 0.05) is 0 Å². The van der Waals surface area contributed by atoms with Gasteiger partial charge in [0.15, 0.2) is 0 Å². The number of hydrogen-bond donors (Lipinski definition) is 0. The van der Waals surface area contributed by atoms with Crippen LogP contribution in [0.5, 0.6) is 0 Å². The van der Waals surface area contributed by atoms with Crippen molar-refractivity contribution in [2.75, 3.05) is 0 Å². The Hall–Kier alpha value is -5.10. The molecule has 0 saturated carbocycles. The molecule has 2 aromatic heterocycles. The van der Waals surface area contributed by atoms with Gasteiger partial charge in [-0.15, -0.1) is 10.2 Å². The van der Waals surface area contributed by atoms with Crippen LogP contribution in [-0.2, 0) is 0 Å². The highest BCUT2D eigenvalue weighted by Gasteiger charge is 2.19. The summed E-state index contributed by atoms with van der Waals surface area (Å²) in [5, 5.41) is 9.53. The summed E-state index contributed by atoms with van der Waals surface area (Å²) in [5.74, 6) is 0.0550. The monoisotopic (exact) mass is 470 g/mol. The van der Waals surface area contributed by atoms with E-state index in [2.05, 4.69) is 10.2 Å². The quantitative estimate of drug-likeness (QED) is 0.248. The maximum Gasteiger partial charge on any atom is 0.250 e. The van der Waals surface area contributed by atoms with Gasteiger partial charge in [-0.3, -0.25) is 9.59 Å². The minimum Gasteiger partial charge on any atom is -0.436 e. The lowest BCUT2D eigenvalue weighted by molar-refractivity contribution is 0.588. The Morgan fingerprint density at radius 3 is 1.22 bits per heavy atom. The molecule has 0 bridgehead atoms. The van der Waals surface area contributed by atoms with Gasteiger partial charge in [0.05, 0.1) is 21.9 Å². The van der Waals surface area contributed by atoms with Crippen molar-refractivity contribution < 1.29 is 8.83 Å². The Bertz CT molecular complexity index is 1730. The number of benzene rings is 4. The molecule has 0 aliphatic rings. The first-order valence-corrected chi connectivity index (χ1v) is 11.3. The third-order valence-corrected chi connectivity index (χ3v) is 5.92. The first kappa shape index (κ1) is 21.4. The van der Waals surface area contributed by atoms with E-state index >= 15 is 0 Å². The second kappa shape index (κ2) is 8.92. The van der Waals surface area contributed by atoms with Crippen LogP contribution >= 0.6 is 0 Å². The molecule has 6 rings (SSSR count). The highest BCUT2D eigenvalue weighted by molar-refractivity contribution is 5.87. The average molecular weight is 470 g/mol. The highest BCUT2D eigenvalue weighted by atomic mass is 16.4. The van der Waals surface area contributed by atoms with Gasteiger partial charge in [-0.25, -0.2) is 0 Å². The fourth-order valence-electron chi connectivity index (χ4n) is 4.21. The molecule has 0 saturated heterocycles. The van der Waals surface area contributed by atoms with Gasteiger partial charge in [0.2, 0.25) is 10.9 Å². The fraction of sp³-hybridized carbons (Fsp3) is 0. The molecule has 0 unspecified atom stereocenters. The minimum absolute atomic E-state index is 0.0275. The van der Waals surface area contributed by atoms with Crippen LogP contribution in [0.15, 0.2) is 138 Å². The molecular weight excluding hydrogens is 452 g/mol. The molecular formula is C30H18N2O4. The Labute approximate surface area is 204 Å². The van der Waals surface area contributed by atoms with E-state index in [-0.39, 0.29) is 33.8 Å². The predicted octanol–water partition coefficient (Wildman–Crippen LogP) is 7.65. The molecule has 0 atom stereocenters. The van der Waals surface area contributed by atoms with Crippen LogP contribution < -0.4 is 10.9 Å². The summed E-state index contributed by atoms with van der Waals surface area (Å²) in [7, 11) is 0. The summed E-state index contributed by atoms with van der Waals surface area (Å²) in [5.41, 5.74) is 2.19. The van der Waals surface area contributed by atoms with E-state index in [9.17, 15) is 9.59 Å². The van der Waals surface area contributed by atoms with Gasteiger partial charge >= 0.3 is 0 Å². The molecule has 0 aliphatic carbocycles. The Kier molecular flexibility index (Phi) is 5.31. The van der Waals surface area contributed by atoms with E-state index in [0.717, 1.165) is 0 Å². The lowest BCUT2D eigenvalue weighted by Gasteiger charge is -2.08. The molecule has 2 heterocycles. The second-order valence-electron chi connectivity index (χ2n) is 8.15. The first-order valence-electron chi connectivity index (χ1n) is 11.3. The molecule has 0 amide bonds. The maximum absolute atomic E-state index is 13.4. The average Bonchev–Trinajstić information content (AvgIpc) is 2.93. The van der Waals surface area contributed by atoms with Gasteiger partial charge in [0.25, 0.3) is 11.8 Å². The van der Waals surface area contributed by atoms with Crippen LogP contribution in [0.25, 0.3) is 44.2 Å². The number of rotatable bonds is 4. The van der Waals surface area contributed by atoms with Crippen LogP contribution in [-0.4, -0.2) is 0 Å². The Morgan fingerprint density at radius 2 is 0.806 bits per heavy atom. The van der Waals surface area contributed by atoms with Crippen molar-refractivity contribution in [3.8, 4) is 22.3 Å². The van der Waals surface area contributed by atoms with Gasteiger partial charge in [-0.2, -0.15) is 0 Å². The van der Waals surface area contributed by atoms with E-state index in [1.807, 2.05) is 60.7 Å². The van der Waals surface area contributed by atoms with Crippen molar-refractivity contribution in [2.24, 2.45) is 10.2 Å². The van der Waals surface area contributed by atoms with Crippen molar-refractivity contribution in [3.05, 3.63) is 130 Å². The van der Waals surface area contributed by atoms with E-state index in [1.54, 1.807) is 48.5 Å². The van der Waals surface area contributed by atoms with E-state index in [4.69, 9.17) is 8.83 Å². The molecule has 172 valence electrons. The third kappa shape index (κ3) is 3.71. The summed E-state index contributed by atoms with van der Waals surface area (Å²) in [6, 6.07) is 32.3. The van der Waals surface area contributed by atoms with E-state index in [0.29, 0.717) is 33.1 Å². The maximum atomic E-state index is 13.4. The van der Waals surface area contributed by atoms with Crippen LogP contribution in [0.1, 0.15) is 0 Å². The van der Waals surface area contributed by atoms with Crippen LogP contribution in [0.4, 0.5) is 11.8 Å². The molecule has 6 heteroatoms. The van der Waals surface area contributed by atoms with Gasteiger partial charge in [-0.05, 0) is 35.4 Å². The second-order valence-corrected chi connectivity index (χ2v) is 8.15. The molecule has 36 heavy (non-hydrogen) atoms. The van der Waals surface area contributed by atoms with Crippen LogP contribution in [0, 0.1) is 0 Å². The number of azo groups is 1. The summed E-state index contributed by atoms with van der Waals surface area (Å²) in [6.07, 6.45) is 0. The molecule has 0 aliphatic heterocycles. The zero-order valence-electron chi connectivity index (χ0n) is 18.9. The SMILES string of the molecule is O=c1c(-c2ccccc2)c(N=Nc2oc3ccccc3c(=O)c2-c2ccccc2)oc2ccccc12. The summed E-state index contributed by atoms with van der Waals surface area (Å²) in [4.78, 5) is 26.9. The zero-order valence-corrected chi connectivity index (χ0v) is 18.9. The zero-order chi connectivity index (χ0) is 24.5. The number of para-hydroxylation sites is 2. The fourth-order valence-corrected chi connectivity index (χ4v) is 4.21. The lowest BCUT2D eigenvalue weighted by Crippen LogP contribution is -2.06. The van der Waals surface area contributed by atoms with Crippen LogP contribution in [0.2, 0.25) is 0 Å². The largest absolute Gasteiger partial charge is 0.436 e. The molecule has 4 aromatic carbocycles. The molecule has 0 spiro atoms. The minimum atomic E-state index is -0.222. The number of hydrogen-bond acceptors (Lipinski definition) is 6. The van der Waals surface area contributed by atoms with Crippen molar-refractivity contribution in [3.63, 3.8) is 0 Å². The van der Waals surface area contributed by atoms with Crippen molar-refractivity contribution >= 4 is 33.7 Å². The normalized spacial score (nSPS) is 11.4. The van der Waals surface area contributed by atoms with E-state index in [1.165, 1.54) is 0 Å². The van der Waals surface area contributed by atoms with Crippen LogP contribution in [0.3, 0.4) is 0 Å². The van der Waals surface area contributed by atoms with E-state index < -0.39 is 0 Å². The topological polar surface area (TPSA) is 85.1 Å². The number of nitrogens with zero attached hydrogens (tertiary/aromatic N) is 2. The molecule has 0 N–H and O–H groups in total. The van der Waals surface area contributed by atoms with Gasteiger partial charge in [0.1, 0.15) is 11.2 Å². The van der Waals surface area contributed by atoms with Crippen molar-refractivity contribution in [1.29, 1.82) is 0 Å². The first-order chi connectivity index (χ1) is 17.7. The molecule has 0 radical (unpaired) electrons. The van der Waals surface area contributed by atoms with Crippen molar-refractivity contribution in [1.82, 2.24) is 0 Å². The van der Waals surface area contributed by atoms with Crippen molar-refractivity contribution in [2.45, 2.75) is 0 Å².